The number of aromatic nitrogens is 2. The van der Waals surface area contributed by atoms with Crippen molar-refractivity contribution in [3.05, 3.63) is 53.1 Å². The van der Waals surface area contributed by atoms with Crippen LogP contribution in [0.25, 0.3) is 10.9 Å². The minimum Gasteiger partial charge on any atom is -0.496 e. The molecule has 1 aliphatic rings. The fraction of sp³-hybridized carbons (Fsp3) is 0.400. The predicted octanol–water partition coefficient (Wildman–Crippen LogP) is 5.21. The molecular weight excluding hydrogens is 511 g/mol. The van der Waals surface area contributed by atoms with Crippen LogP contribution in [0.5, 0.6) is 5.75 Å². The van der Waals surface area contributed by atoms with E-state index in [1.807, 2.05) is 0 Å². The second kappa shape index (κ2) is 10.7. The van der Waals surface area contributed by atoms with E-state index in [9.17, 15) is 26.9 Å². The highest BCUT2D eigenvalue weighted by Gasteiger charge is 2.34. The number of nitrogens with one attached hydrogen (secondary N) is 1. The van der Waals surface area contributed by atoms with Crippen molar-refractivity contribution in [3.8, 4) is 5.75 Å². The maximum absolute atomic E-state index is 14.8. The fourth-order valence-electron chi connectivity index (χ4n) is 4.54. The first-order chi connectivity index (χ1) is 17.6. The fourth-order valence-corrected chi connectivity index (χ4v) is 7.30. The first-order valence-electron chi connectivity index (χ1n) is 11.7. The molecule has 198 valence electrons. The Morgan fingerprint density at radius 2 is 1.86 bits per heavy atom. The van der Waals surface area contributed by atoms with E-state index in [1.54, 1.807) is 24.0 Å². The van der Waals surface area contributed by atoms with Gasteiger partial charge in [-0.1, -0.05) is 18.2 Å². The van der Waals surface area contributed by atoms with Gasteiger partial charge in [-0.25, -0.2) is 27.5 Å². The molecule has 1 saturated heterocycles. The number of rotatable bonds is 7. The van der Waals surface area contributed by atoms with E-state index >= 15 is 0 Å². The van der Waals surface area contributed by atoms with Gasteiger partial charge in [0.1, 0.15) is 31.2 Å². The van der Waals surface area contributed by atoms with Crippen LogP contribution in [-0.4, -0.2) is 53.3 Å². The lowest BCUT2D eigenvalue weighted by Gasteiger charge is -2.32. The molecule has 12 heteroatoms. The lowest BCUT2D eigenvalue weighted by molar-refractivity contribution is -0.128. The summed E-state index contributed by atoms with van der Waals surface area (Å²) in [6.45, 7) is 2.74. The first-order valence-corrected chi connectivity index (χ1v) is 13.8. The molecule has 1 aromatic heterocycles. The van der Waals surface area contributed by atoms with Gasteiger partial charge in [0.15, 0.2) is 5.82 Å². The molecule has 4 rings (SSSR count). The van der Waals surface area contributed by atoms with Gasteiger partial charge >= 0.3 is 0 Å². The third-order valence-electron chi connectivity index (χ3n) is 6.62. The number of methoxy groups -OCH3 is 1. The Kier molecular flexibility index (Phi) is 7.73. The monoisotopic (exact) mass is 538 g/mol. The van der Waals surface area contributed by atoms with Crippen LogP contribution in [0.15, 0.2) is 30.3 Å². The topological polar surface area (TPSA) is 84.4 Å². The average Bonchev–Trinajstić information content (AvgIpc) is 2.87. The summed E-state index contributed by atoms with van der Waals surface area (Å²) < 4.78 is 74.3. The van der Waals surface area contributed by atoms with Gasteiger partial charge < -0.3 is 19.5 Å². The quantitative estimate of drug-likeness (QED) is 0.329. The maximum Gasteiger partial charge on any atom is 0.266 e. The Balaban J connectivity index is 1.79. The summed E-state index contributed by atoms with van der Waals surface area (Å²) in [7, 11) is -1.55. The second-order valence-electron chi connectivity index (χ2n) is 8.92. The molecule has 0 bridgehead atoms. The Labute approximate surface area is 211 Å². The number of benzene rings is 2. The number of ether oxygens (including phenoxy) is 1. The van der Waals surface area contributed by atoms with Crippen LogP contribution in [0.4, 0.5) is 23.4 Å². The highest BCUT2D eigenvalue weighted by molar-refractivity contribution is 7.72. The minimum atomic E-state index is -2.98. The van der Waals surface area contributed by atoms with Crippen molar-refractivity contribution >= 4 is 35.1 Å². The largest absolute Gasteiger partial charge is 0.496 e. The van der Waals surface area contributed by atoms with E-state index in [-0.39, 0.29) is 35.4 Å². The summed E-state index contributed by atoms with van der Waals surface area (Å²) >= 11 is 0. The summed E-state index contributed by atoms with van der Waals surface area (Å²) in [4.78, 5) is 21.8. The number of halogens is 4. The number of carbonyl (C=O) groups is 1. The molecule has 0 saturated carbocycles. The maximum atomic E-state index is 14.8. The van der Waals surface area contributed by atoms with Crippen LogP contribution in [0.3, 0.4) is 0 Å². The van der Waals surface area contributed by atoms with Crippen LogP contribution in [-0.2, 0) is 16.0 Å². The third kappa shape index (κ3) is 5.28. The molecule has 37 heavy (non-hydrogen) atoms. The standard InChI is InChI=1S/C25H27F4N4O3P/c1-14(16-5-4-6-17(23(16)27)24(28)29)30-25-18-11-21(37(35)9-7-33(8-10-37)15(2)34)20(36-3)12-19(18)31-22(13-26)32-25/h4-6,11-12,14,24H,7-10,13H2,1-3H3,(H,30,31,32)/t14-/m1/s1. The van der Waals surface area contributed by atoms with Crippen molar-refractivity contribution in [2.75, 3.05) is 37.8 Å². The molecule has 1 amide bonds. The molecular formula is C25H27F4N4O3P. The number of anilines is 1. The molecule has 3 aromatic rings. The number of hydrogen-bond acceptors (Lipinski definition) is 6. The molecule has 0 aliphatic carbocycles. The van der Waals surface area contributed by atoms with Crippen LogP contribution in [0.2, 0.25) is 0 Å². The smallest absolute Gasteiger partial charge is 0.266 e. The summed E-state index contributed by atoms with van der Waals surface area (Å²) in [6, 6.07) is 6.10. The van der Waals surface area contributed by atoms with Crippen molar-refractivity contribution in [2.45, 2.75) is 33.0 Å². The highest BCUT2D eigenvalue weighted by Crippen LogP contribution is 2.49. The summed E-state index contributed by atoms with van der Waals surface area (Å²) in [5.41, 5.74) is -0.414. The van der Waals surface area contributed by atoms with Gasteiger partial charge in [-0.15, -0.1) is 0 Å². The van der Waals surface area contributed by atoms with Gasteiger partial charge in [0.2, 0.25) is 5.91 Å². The van der Waals surface area contributed by atoms with Crippen molar-refractivity contribution in [1.29, 1.82) is 0 Å². The van der Waals surface area contributed by atoms with Gasteiger partial charge in [-0.2, -0.15) is 0 Å². The van der Waals surface area contributed by atoms with Crippen LogP contribution < -0.4 is 15.4 Å². The Morgan fingerprint density at radius 1 is 1.19 bits per heavy atom. The molecule has 0 radical (unpaired) electrons. The SMILES string of the molecule is COc1cc2nc(CF)nc(N[C@H](C)c3cccc(C(F)F)c3F)c2cc1P1(=O)CCN(C(C)=O)CC1. The van der Waals surface area contributed by atoms with Gasteiger partial charge in [0, 0.05) is 49.4 Å². The molecule has 2 aromatic carbocycles. The van der Waals surface area contributed by atoms with E-state index in [2.05, 4.69) is 15.3 Å². The molecule has 0 spiro atoms. The Hall–Kier alpha value is -3.20. The first kappa shape index (κ1) is 26.9. The lowest BCUT2D eigenvalue weighted by atomic mass is 10.0. The van der Waals surface area contributed by atoms with Crippen molar-refractivity contribution in [3.63, 3.8) is 0 Å². The number of fused-ring (bicyclic) bond motifs is 1. The lowest BCUT2D eigenvalue weighted by Crippen LogP contribution is -2.40. The molecule has 1 N–H and O–H groups in total. The number of hydrogen-bond donors (Lipinski definition) is 1. The van der Waals surface area contributed by atoms with Gasteiger partial charge in [0.05, 0.1) is 29.5 Å². The highest BCUT2D eigenvalue weighted by atomic mass is 31.2. The average molecular weight is 538 g/mol. The molecule has 1 fully saturated rings. The second-order valence-corrected chi connectivity index (χ2v) is 12.1. The van der Waals surface area contributed by atoms with E-state index in [1.165, 1.54) is 26.2 Å². The molecule has 7 nitrogen and oxygen atoms in total. The molecule has 1 aliphatic heterocycles. The molecule has 0 unspecified atom stereocenters. The normalized spacial score (nSPS) is 16.2. The third-order valence-corrected chi connectivity index (χ3v) is 9.69. The Bertz CT molecular complexity index is 1380. The predicted molar refractivity (Wildman–Crippen MR) is 134 cm³/mol. The van der Waals surface area contributed by atoms with Gasteiger partial charge in [-0.05, 0) is 13.0 Å². The van der Waals surface area contributed by atoms with Crippen LogP contribution >= 0.6 is 7.14 Å². The number of amides is 1. The van der Waals surface area contributed by atoms with Gasteiger partial charge in [0.25, 0.3) is 6.43 Å². The Morgan fingerprint density at radius 3 is 2.46 bits per heavy atom. The zero-order valence-corrected chi connectivity index (χ0v) is 21.5. The zero-order chi connectivity index (χ0) is 26.9. The van der Waals surface area contributed by atoms with E-state index in [4.69, 9.17) is 4.74 Å². The van der Waals surface area contributed by atoms with Crippen LogP contribution in [0.1, 0.15) is 43.3 Å². The van der Waals surface area contributed by atoms with Crippen molar-refractivity contribution in [1.82, 2.24) is 14.9 Å². The van der Waals surface area contributed by atoms with Crippen molar-refractivity contribution in [2.24, 2.45) is 0 Å². The van der Waals surface area contributed by atoms with Crippen LogP contribution in [0, 0.1) is 5.82 Å². The van der Waals surface area contributed by atoms with E-state index in [0.29, 0.717) is 35.0 Å². The molecule has 1 atom stereocenters. The minimum absolute atomic E-state index is 0.00973. The summed E-state index contributed by atoms with van der Waals surface area (Å²) in [5, 5.41) is 3.84. The zero-order valence-electron chi connectivity index (χ0n) is 20.6. The van der Waals surface area contributed by atoms with E-state index < -0.39 is 37.7 Å². The van der Waals surface area contributed by atoms with Crippen molar-refractivity contribution < 1.29 is 31.7 Å². The number of nitrogens with zero attached hydrogens (tertiary/aromatic N) is 3. The molecule has 2 heterocycles. The number of alkyl halides is 3. The van der Waals surface area contributed by atoms with E-state index in [0.717, 1.165) is 6.07 Å². The summed E-state index contributed by atoms with van der Waals surface area (Å²) in [5.74, 6) is -0.798. The van der Waals surface area contributed by atoms with Gasteiger partial charge in [-0.3, -0.25) is 4.79 Å². The number of carbonyl (C=O) groups excluding carboxylic acids is 1. The summed E-state index contributed by atoms with van der Waals surface area (Å²) in [6.07, 6.45) is -2.45.